The van der Waals surface area contributed by atoms with Crippen molar-refractivity contribution in [3.8, 4) is 0 Å². The van der Waals surface area contributed by atoms with Crippen LogP contribution in [0.25, 0.3) is 0 Å². The molecular formula is C30H58Fe2O3. The molecule has 0 atom stereocenters. The number of hydrogen-bond donors (Lipinski definition) is 0. The molecule has 3 nitrogen and oxygen atoms in total. The molecule has 0 spiro atoms. The Morgan fingerprint density at radius 1 is 0.457 bits per heavy atom. The van der Waals surface area contributed by atoms with Gasteiger partial charge >= 0.3 is 46.1 Å². The summed E-state index contributed by atoms with van der Waals surface area (Å²) < 4.78 is 4.89. The van der Waals surface area contributed by atoms with Crippen LogP contribution >= 0.6 is 0 Å². The van der Waals surface area contributed by atoms with E-state index in [0.29, 0.717) is 24.7 Å². The standard InChI is InChI=1S/C16H26O3.2C5H10.4CH3.2Fe/c17-15(11-9-13-5-1-2-6-13)19-16(18)12-10-14-7-3-4-8-14;2*1-2-4-5-3-1;;;;;;/h13-14H,1-12H2;2*1-5H2;4*1H3;;/q;;;4*-1;2*+2. The molecule has 0 bridgehead atoms. The molecule has 4 fully saturated rings. The fourth-order valence-electron chi connectivity index (χ4n) is 5.24. The first-order chi connectivity index (χ1) is 14.2. The predicted octanol–water partition coefficient (Wildman–Crippen LogP) is 9.69. The van der Waals surface area contributed by atoms with Crippen LogP contribution in [0.5, 0.6) is 0 Å². The van der Waals surface area contributed by atoms with Gasteiger partial charge in [0.25, 0.3) is 0 Å². The second-order valence-electron chi connectivity index (χ2n) is 9.76. The second-order valence-corrected chi connectivity index (χ2v) is 9.76. The molecule has 0 aromatic rings. The van der Waals surface area contributed by atoms with Gasteiger partial charge in [0.2, 0.25) is 0 Å². The molecule has 4 rings (SSSR count). The fraction of sp³-hybridized carbons (Fsp3) is 0.800. The summed E-state index contributed by atoms with van der Waals surface area (Å²) in [6.45, 7) is 0. The third kappa shape index (κ3) is 24.3. The van der Waals surface area contributed by atoms with Gasteiger partial charge in [-0.3, -0.25) is 9.59 Å². The maximum Gasteiger partial charge on any atom is 2.00 e. The van der Waals surface area contributed by atoms with Crippen LogP contribution in [-0.4, -0.2) is 11.9 Å². The normalized spacial score (nSPS) is 18.2. The molecule has 0 saturated heterocycles. The van der Waals surface area contributed by atoms with Crippen LogP contribution in [-0.2, 0) is 48.5 Å². The summed E-state index contributed by atoms with van der Waals surface area (Å²) in [7, 11) is 0. The maximum absolute atomic E-state index is 11.6. The quantitative estimate of drug-likeness (QED) is 0.136. The van der Waals surface area contributed by atoms with Crippen LogP contribution in [0.2, 0.25) is 0 Å². The molecule has 0 amide bonds. The van der Waals surface area contributed by atoms with E-state index in [0.717, 1.165) is 12.8 Å². The van der Waals surface area contributed by atoms with Gasteiger partial charge in [0, 0.05) is 12.8 Å². The topological polar surface area (TPSA) is 43.4 Å². The SMILES string of the molecule is C1CCCC1.C1CCCC1.O=C(CCC1CCCC1)OC(=O)CCC1CCCC1.[CH3-].[CH3-].[CH3-].[CH3-].[Fe+2].[Fe+2]. The van der Waals surface area contributed by atoms with Crippen LogP contribution in [0, 0.1) is 41.5 Å². The average molecular weight is 578 g/mol. The van der Waals surface area contributed by atoms with Crippen molar-refractivity contribution < 1.29 is 48.5 Å². The molecule has 0 radical (unpaired) electrons. The summed E-state index contributed by atoms with van der Waals surface area (Å²) in [4.78, 5) is 23.1. The van der Waals surface area contributed by atoms with E-state index in [1.807, 2.05) is 0 Å². The number of ether oxygens (including phenoxy) is 1. The van der Waals surface area contributed by atoms with E-state index in [4.69, 9.17) is 4.74 Å². The van der Waals surface area contributed by atoms with E-state index < -0.39 is 0 Å². The van der Waals surface area contributed by atoms with Gasteiger partial charge < -0.3 is 34.4 Å². The summed E-state index contributed by atoms with van der Waals surface area (Å²) in [5.74, 6) is 0.730. The number of carbonyl (C=O) groups excluding carboxylic acids is 2. The molecule has 0 aliphatic heterocycles. The van der Waals surface area contributed by atoms with Gasteiger partial charge in [-0.15, -0.1) is 0 Å². The van der Waals surface area contributed by atoms with E-state index in [9.17, 15) is 9.59 Å². The fourth-order valence-corrected chi connectivity index (χ4v) is 5.24. The van der Waals surface area contributed by atoms with Crippen LogP contribution in [0.4, 0.5) is 0 Å². The number of carbonyl (C=O) groups is 2. The summed E-state index contributed by atoms with van der Waals surface area (Å²) in [6, 6.07) is 0. The van der Waals surface area contributed by atoms with E-state index >= 15 is 0 Å². The van der Waals surface area contributed by atoms with Gasteiger partial charge in [-0.25, -0.2) is 0 Å². The average Bonchev–Trinajstić information content (AvgIpc) is 3.56. The molecular weight excluding hydrogens is 520 g/mol. The van der Waals surface area contributed by atoms with Crippen LogP contribution in [0.3, 0.4) is 0 Å². The first kappa shape index (κ1) is 45.1. The molecule has 0 aromatic heterocycles. The van der Waals surface area contributed by atoms with E-state index in [2.05, 4.69) is 0 Å². The van der Waals surface area contributed by atoms with Gasteiger partial charge in [0.05, 0.1) is 0 Å². The molecule has 0 unspecified atom stereocenters. The number of esters is 2. The molecule has 4 aliphatic carbocycles. The Morgan fingerprint density at radius 3 is 0.914 bits per heavy atom. The summed E-state index contributed by atoms with van der Waals surface area (Å²) >= 11 is 0. The zero-order chi connectivity index (χ0) is 20.6. The Morgan fingerprint density at radius 2 is 0.686 bits per heavy atom. The smallest absolute Gasteiger partial charge is 0.393 e. The minimum atomic E-state index is -0.316. The van der Waals surface area contributed by atoms with E-state index in [1.165, 1.54) is 116 Å². The zero-order valence-electron chi connectivity index (χ0n) is 23.6. The number of hydrogen-bond acceptors (Lipinski definition) is 3. The van der Waals surface area contributed by atoms with E-state index in [-0.39, 0.29) is 75.8 Å². The Labute approximate surface area is 242 Å². The first-order valence-corrected chi connectivity index (χ1v) is 13.0. The molecule has 0 aromatic carbocycles. The third-order valence-corrected chi connectivity index (χ3v) is 7.19. The van der Waals surface area contributed by atoms with Crippen molar-refractivity contribution in [1.82, 2.24) is 0 Å². The van der Waals surface area contributed by atoms with Gasteiger partial charge in [0.1, 0.15) is 0 Å². The minimum absolute atomic E-state index is 0. The molecule has 0 N–H and O–H groups in total. The summed E-state index contributed by atoms with van der Waals surface area (Å²) in [5.41, 5.74) is 0. The van der Waals surface area contributed by atoms with Crippen molar-refractivity contribution in [3.05, 3.63) is 29.7 Å². The molecule has 4 aliphatic rings. The zero-order valence-corrected chi connectivity index (χ0v) is 25.9. The van der Waals surface area contributed by atoms with Crippen LogP contribution in [0.1, 0.15) is 141 Å². The third-order valence-electron chi connectivity index (χ3n) is 7.19. The van der Waals surface area contributed by atoms with Crippen molar-refractivity contribution in [2.75, 3.05) is 0 Å². The van der Waals surface area contributed by atoms with Crippen molar-refractivity contribution in [2.45, 2.75) is 141 Å². The first-order valence-electron chi connectivity index (χ1n) is 13.0. The molecule has 212 valence electrons. The Bertz CT molecular complexity index is 382. The van der Waals surface area contributed by atoms with Gasteiger partial charge in [-0.1, -0.05) is 116 Å². The maximum atomic E-state index is 11.6. The molecule has 35 heavy (non-hydrogen) atoms. The monoisotopic (exact) mass is 578 g/mol. The van der Waals surface area contributed by atoms with Gasteiger partial charge in [0.15, 0.2) is 0 Å². The largest absolute Gasteiger partial charge is 2.00 e. The van der Waals surface area contributed by atoms with E-state index in [1.54, 1.807) is 0 Å². The summed E-state index contributed by atoms with van der Waals surface area (Å²) in [5, 5.41) is 0. The van der Waals surface area contributed by atoms with Crippen LogP contribution < -0.4 is 0 Å². The Hall–Kier alpha value is 0.179. The van der Waals surface area contributed by atoms with Gasteiger partial charge in [-0.05, 0) is 24.7 Å². The van der Waals surface area contributed by atoms with Crippen molar-refractivity contribution >= 4 is 11.9 Å². The molecule has 4 saturated carbocycles. The second kappa shape index (κ2) is 30.4. The van der Waals surface area contributed by atoms with Crippen molar-refractivity contribution in [1.29, 1.82) is 0 Å². The minimum Gasteiger partial charge on any atom is -0.393 e. The number of rotatable bonds is 6. The predicted molar refractivity (Wildman–Crippen MR) is 145 cm³/mol. The molecule has 5 heteroatoms. The van der Waals surface area contributed by atoms with Crippen LogP contribution in [0.15, 0.2) is 0 Å². The van der Waals surface area contributed by atoms with Crippen molar-refractivity contribution in [2.24, 2.45) is 11.8 Å². The van der Waals surface area contributed by atoms with Crippen molar-refractivity contribution in [3.63, 3.8) is 0 Å². The van der Waals surface area contributed by atoms with Gasteiger partial charge in [-0.2, -0.15) is 0 Å². The Kier molecular flexibility index (Phi) is 39.2. The summed E-state index contributed by atoms with van der Waals surface area (Å²) in [6.07, 6.45) is 27.8. The molecule has 0 heterocycles. The Balaban J connectivity index is -0.000000158.